The number of esters is 1. The minimum atomic E-state index is -1.13. The van der Waals surface area contributed by atoms with Crippen LogP contribution in [-0.4, -0.2) is 47.7 Å². The van der Waals surface area contributed by atoms with Crippen LogP contribution in [0.1, 0.15) is 39.1 Å². The van der Waals surface area contributed by atoms with Gasteiger partial charge in [0.1, 0.15) is 5.60 Å². The van der Waals surface area contributed by atoms with Gasteiger partial charge in [-0.25, -0.2) is 4.79 Å². The number of hydrogen-bond donors (Lipinski definition) is 1. The Bertz CT molecular complexity index is 935. The minimum absolute atomic E-state index is 0.138. The molecule has 0 unspecified atom stereocenters. The number of nitrogens with zero attached hydrogens (tertiary/aromatic N) is 1. The van der Waals surface area contributed by atoms with E-state index in [1.165, 1.54) is 7.11 Å². The van der Waals surface area contributed by atoms with Gasteiger partial charge >= 0.3 is 5.97 Å². The molecule has 3 rings (SSSR count). The van der Waals surface area contributed by atoms with Crippen molar-refractivity contribution in [2.45, 2.75) is 18.4 Å². The molecule has 0 aliphatic carbocycles. The number of piperidine rings is 1. The number of carbonyl (C=O) groups is 2. The van der Waals surface area contributed by atoms with Crippen LogP contribution in [0.15, 0.2) is 48.5 Å². The molecule has 6 heteroatoms. The molecule has 5 nitrogen and oxygen atoms in total. The van der Waals surface area contributed by atoms with Gasteiger partial charge in [0.2, 0.25) is 0 Å². The summed E-state index contributed by atoms with van der Waals surface area (Å²) in [6, 6.07) is 13.5. The van der Waals surface area contributed by atoms with Crippen molar-refractivity contribution in [3.63, 3.8) is 0 Å². The Morgan fingerprint density at radius 1 is 1.11 bits per heavy atom. The molecule has 0 aromatic heterocycles. The van der Waals surface area contributed by atoms with Crippen LogP contribution < -0.4 is 0 Å². The van der Waals surface area contributed by atoms with Crippen LogP contribution in [0.2, 0.25) is 5.02 Å². The van der Waals surface area contributed by atoms with Gasteiger partial charge in [-0.2, -0.15) is 0 Å². The molecule has 1 saturated heterocycles. The van der Waals surface area contributed by atoms with Crippen molar-refractivity contribution in [3.8, 4) is 11.8 Å². The molecule has 1 aliphatic rings. The second-order valence-corrected chi connectivity index (χ2v) is 7.09. The zero-order valence-electron chi connectivity index (χ0n) is 15.4. The number of hydrogen-bond acceptors (Lipinski definition) is 4. The number of ether oxygens (including phenoxy) is 1. The summed E-state index contributed by atoms with van der Waals surface area (Å²) in [4.78, 5) is 25.8. The molecule has 1 fully saturated rings. The van der Waals surface area contributed by atoms with Gasteiger partial charge in [0.05, 0.1) is 12.7 Å². The molecule has 144 valence electrons. The second kappa shape index (κ2) is 8.47. The standard InChI is InChI=1S/C22H20ClNO4/c1-28-21(26)18-7-5-17(6-8-18)20(25)24-13-11-22(27,12-14-24)10-9-16-3-2-4-19(23)15-16/h2-8,15,27H,11-14H2,1H3. The van der Waals surface area contributed by atoms with E-state index in [0.29, 0.717) is 42.1 Å². The second-order valence-electron chi connectivity index (χ2n) is 6.65. The summed E-state index contributed by atoms with van der Waals surface area (Å²) in [6.45, 7) is 0.802. The summed E-state index contributed by atoms with van der Waals surface area (Å²) < 4.78 is 4.66. The maximum absolute atomic E-state index is 12.7. The van der Waals surface area contributed by atoms with E-state index in [1.807, 2.05) is 12.1 Å². The maximum Gasteiger partial charge on any atom is 0.337 e. The van der Waals surface area contributed by atoms with Gasteiger partial charge in [0.15, 0.2) is 0 Å². The van der Waals surface area contributed by atoms with Crippen LogP contribution in [0.25, 0.3) is 0 Å². The van der Waals surface area contributed by atoms with Gasteiger partial charge in [-0.1, -0.05) is 29.5 Å². The lowest BCUT2D eigenvalue weighted by atomic mass is 9.91. The molecule has 0 bridgehead atoms. The number of carbonyl (C=O) groups excluding carboxylic acids is 2. The third-order valence-electron chi connectivity index (χ3n) is 4.69. The van der Waals surface area contributed by atoms with E-state index in [4.69, 9.17) is 11.6 Å². The largest absolute Gasteiger partial charge is 0.465 e. The van der Waals surface area contributed by atoms with Crippen molar-refractivity contribution in [2.24, 2.45) is 0 Å². The summed E-state index contributed by atoms with van der Waals surface area (Å²) >= 11 is 5.95. The Balaban J connectivity index is 1.63. The van der Waals surface area contributed by atoms with Crippen LogP contribution in [0, 0.1) is 11.8 Å². The summed E-state index contributed by atoms with van der Waals surface area (Å²) in [7, 11) is 1.31. The van der Waals surface area contributed by atoms with Crippen molar-refractivity contribution in [1.82, 2.24) is 4.90 Å². The van der Waals surface area contributed by atoms with Crippen LogP contribution in [0.4, 0.5) is 0 Å². The number of benzene rings is 2. The Morgan fingerprint density at radius 2 is 1.75 bits per heavy atom. The van der Waals surface area contributed by atoms with Crippen LogP contribution in [-0.2, 0) is 4.74 Å². The van der Waals surface area contributed by atoms with Gasteiger partial charge in [0, 0.05) is 42.1 Å². The highest BCUT2D eigenvalue weighted by Gasteiger charge is 2.32. The normalized spacial score (nSPS) is 15.3. The topological polar surface area (TPSA) is 66.8 Å². The van der Waals surface area contributed by atoms with Crippen LogP contribution >= 0.6 is 11.6 Å². The summed E-state index contributed by atoms with van der Waals surface area (Å²) in [5.74, 6) is 5.30. The number of likely N-dealkylation sites (tertiary alicyclic amines) is 1. The summed E-state index contributed by atoms with van der Waals surface area (Å²) in [5, 5.41) is 11.3. The molecule has 1 amide bonds. The fraction of sp³-hybridized carbons (Fsp3) is 0.273. The SMILES string of the molecule is COC(=O)c1ccc(C(=O)N2CCC(O)(C#Cc3cccc(Cl)c3)CC2)cc1. The van der Waals surface area contributed by atoms with Crippen LogP contribution in [0.3, 0.4) is 0 Å². The molecule has 2 aromatic carbocycles. The fourth-order valence-electron chi connectivity index (χ4n) is 3.01. The van der Waals surface area contributed by atoms with Crippen molar-refractivity contribution in [1.29, 1.82) is 0 Å². The Morgan fingerprint density at radius 3 is 2.36 bits per heavy atom. The molecular formula is C22H20ClNO4. The molecule has 0 saturated carbocycles. The summed E-state index contributed by atoms with van der Waals surface area (Å²) in [5.41, 5.74) is 0.491. The average Bonchev–Trinajstić information content (AvgIpc) is 2.72. The predicted octanol–water partition coefficient (Wildman–Crippen LogP) is 3.15. The molecule has 1 N–H and O–H groups in total. The lowest BCUT2D eigenvalue weighted by molar-refractivity contribution is 0.0248. The zero-order valence-corrected chi connectivity index (χ0v) is 16.2. The first-order valence-electron chi connectivity index (χ1n) is 8.89. The van der Waals surface area contributed by atoms with E-state index < -0.39 is 11.6 Å². The highest BCUT2D eigenvalue weighted by molar-refractivity contribution is 6.30. The lowest BCUT2D eigenvalue weighted by Crippen LogP contribution is -2.46. The number of aliphatic hydroxyl groups is 1. The number of rotatable bonds is 2. The Labute approximate surface area is 168 Å². The molecule has 2 aromatic rings. The third kappa shape index (κ3) is 4.72. The van der Waals surface area contributed by atoms with Crippen molar-refractivity contribution >= 4 is 23.5 Å². The fourth-order valence-corrected chi connectivity index (χ4v) is 3.20. The molecular weight excluding hydrogens is 378 g/mol. The van der Waals surface area contributed by atoms with E-state index >= 15 is 0 Å². The highest BCUT2D eigenvalue weighted by Crippen LogP contribution is 2.23. The quantitative estimate of drug-likeness (QED) is 0.624. The zero-order chi connectivity index (χ0) is 20.1. The molecule has 0 radical (unpaired) electrons. The number of halogens is 1. The van der Waals surface area contributed by atoms with Gasteiger partial charge in [-0.3, -0.25) is 4.79 Å². The maximum atomic E-state index is 12.7. The van der Waals surface area contributed by atoms with Crippen molar-refractivity contribution in [3.05, 3.63) is 70.2 Å². The first-order valence-corrected chi connectivity index (χ1v) is 9.27. The minimum Gasteiger partial charge on any atom is -0.465 e. The molecule has 0 spiro atoms. The van der Waals surface area contributed by atoms with E-state index in [9.17, 15) is 14.7 Å². The molecule has 0 atom stereocenters. The first kappa shape index (κ1) is 19.9. The third-order valence-corrected chi connectivity index (χ3v) is 4.93. The highest BCUT2D eigenvalue weighted by atomic mass is 35.5. The van der Waals surface area contributed by atoms with Crippen molar-refractivity contribution in [2.75, 3.05) is 20.2 Å². The Hall–Kier alpha value is -2.81. The van der Waals surface area contributed by atoms with E-state index in [2.05, 4.69) is 16.6 Å². The smallest absolute Gasteiger partial charge is 0.337 e. The number of methoxy groups -OCH3 is 1. The predicted molar refractivity (Wildman–Crippen MR) is 106 cm³/mol. The molecule has 28 heavy (non-hydrogen) atoms. The Kier molecular flexibility index (Phi) is 6.03. The van der Waals surface area contributed by atoms with Crippen molar-refractivity contribution < 1.29 is 19.4 Å². The lowest BCUT2D eigenvalue weighted by Gasteiger charge is -2.35. The monoisotopic (exact) mass is 397 g/mol. The molecule has 1 heterocycles. The van der Waals surface area contributed by atoms with E-state index in [0.717, 1.165) is 5.56 Å². The summed E-state index contributed by atoms with van der Waals surface area (Å²) in [6.07, 6.45) is 0.735. The van der Waals surface area contributed by atoms with Gasteiger partial charge < -0.3 is 14.7 Å². The van der Waals surface area contributed by atoms with Gasteiger partial charge in [-0.05, 0) is 42.5 Å². The molecule has 1 aliphatic heterocycles. The van der Waals surface area contributed by atoms with E-state index in [1.54, 1.807) is 41.3 Å². The van der Waals surface area contributed by atoms with Gasteiger partial charge in [0.25, 0.3) is 5.91 Å². The van der Waals surface area contributed by atoms with E-state index in [-0.39, 0.29) is 5.91 Å². The average molecular weight is 398 g/mol. The first-order chi connectivity index (χ1) is 13.4. The van der Waals surface area contributed by atoms with Gasteiger partial charge in [-0.15, -0.1) is 0 Å². The number of amides is 1. The van der Waals surface area contributed by atoms with Crippen LogP contribution in [0.5, 0.6) is 0 Å².